The second-order valence-electron chi connectivity index (χ2n) is 8.74. The van der Waals surface area contributed by atoms with E-state index >= 15 is 0 Å². The van der Waals surface area contributed by atoms with Crippen LogP contribution in [-0.2, 0) is 10.2 Å². The highest BCUT2D eigenvalue weighted by Gasteiger charge is 2.50. The molecule has 3 heterocycles. The Hall–Kier alpha value is -2.51. The number of fused-ring (bicyclic) bond motifs is 4. The minimum atomic E-state index is -0.745. The van der Waals surface area contributed by atoms with Crippen LogP contribution in [0.1, 0.15) is 44.6 Å². The normalized spacial score (nSPS) is 28.4. The molecule has 3 atom stereocenters. The van der Waals surface area contributed by atoms with Gasteiger partial charge >= 0.3 is 0 Å². The van der Waals surface area contributed by atoms with Crippen molar-refractivity contribution >= 4 is 10.9 Å². The first-order chi connectivity index (χ1) is 14.6. The van der Waals surface area contributed by atoms with Crippen molar-refractivity contribution in [1.82, 2.24) is 19.7 Å². The number of benzene rings is 1. The lowest BCUT2D eigenvalue weighted by Crippen LogP contribution is -2.49. The van der Waals surface area contributed by atoms with Crippen molar-refractivity contribution < 1.29 is 14.6 Å². The zero-order chi connectivity index (χ0) is 20.8. The summed E-state index contributed by atoms with van der Waals surface area (Å²) in [4.78, 5) is 8.34. The first-order valence-corrected chi connectivity index (χ1v) is 10.7. The number of hydrogen-bond donors (Lipinski definition) is 1. The summed E-state index contributed by atoms with van der Waals surface area (Å²) in [6, 6.07) is 6.20. The quantitative estimate of drug-likeness (QED) is 0.712. The number of ether oxygens (including phenoxy) is 2. The summed E-state index contributed by atoms with van der Waals surface area (Å²) < 4.78 is 13.4. The molecule has 0 spiro atoms. The molecule has 7 heteroatoms. The molecule has 1 aromatic carbocycles. The second kappa shape index (κ2) is 7.32. The van der Waals surface area contributed by atoms with Crippen LogP contribution in [0, 0.1) is 5.92 Å². The van der Waals surface area contributed by atoms with Crippen LogP contribution in [0.4, 0.5) is 0 Å². The summed E-state index contributed by atoms with van der Waals surface area (Å²) in [7, 11) is 1.66. The van der Waals surface area contributed by atoms with Gasteiger partial charge in [-0.3, -0.25) is 0 Å². The maximum Gasteiger partial charge on any atom is 0.157 e. The van der Waals surface area contributed by atoms with E-state index in [0.29, 0.717) is 19.1 Å². The molecule has 158 valence electrons. The standard InChI is InChI=1S/C23H28N4O3/c1-3-23-7-6-22(28,14-29-2)12-17(23)5-9-30-20-11-19-16(10-18(20)23)13-26-27(19)21-4-8-24-15-25-21/h4,8,10-11,13,15,17,28H,3,5-7,9,12,14H2,1-2H3/t17-,22+,23+/m1/s1. The van der Waals surface area contributed by atoms with Gasteiger partial charge in [0.25, 0.3) is 0 Å². The predicted octanol–water partition coefficient (Wildman–Crippen LogP) is 3.42. The molecule has 0 unspecified atom stereocenters. The lowest BCUT2D eigenvalue weighted by Gasteiger charge is -2.49. The highest BCUT2D eigenvalue weighted by Crippen LogP contribution is 2.54. The van der Waals surface area contributed by atoms with Crippen molar-refractivity contribution in [2.24, 2.45) is 5.92 Å². The first-order valence-electron chi connectivity index (χ1n) is 10.7. The SMILES string of the molecule is CC[C@]12CC[C@@](O)(COC)C[C@H]1CCOc1cc3c(cnn3-c3ccncn3)cc12. The van der Waals surface area contributed by atoms with Gasteiger partial charge in [0, 0.05) is 41.8 Å². The Labute approximate surface area is 176 Å². The third kappa shape index (κ3) is 2.99. The van der Waals surface area contributed by atoms with E-state index < -0.39 is 5.60 Å². The minimum absolute atomic E-state index is 0.00296. The largest absolute Gasteiger partial charge is 0.493 e. The highest BCUT2D eigenvalue weighted by atomic mass is 16.5. The Morgan fingerprint density at radius 2 is 2.23 bits per heavy atom. The average Bonchev–Trinajstić information content (AvgIpc) is 3.10. The molecule has 0 saturated heterocycles. The Balaban J connectivity index is 1.61. The summed E-state index contributed by atoms with van der Waals surface area (Å²) in [5.41, 5.74) is 1.48. The third-order valence-electron chi connectivity index (χ3n) is 7.20. The molecule has 0 amide bonds. The molecule has 3 aromatic rings. The van der Waals surface area contributed by atoms with E-state index in [1.54, 1.807) is 13.3 Å². The smallest absolute Gasteiger partial charge is 0.157 e. The molecule has 0 radical (unpaired) electrons. The van der Waals surface area contributed by atoms with Gasteiger partial charge < -0.3 is 14.6 Å². The van der Waals surface area contributed by atoms with E-state index in [1.807, 2.05) is 16.9 Å². The summed E-state index contributed by atoms with van der Waals surface area (Å²) in [5.74, 6) is 2.02. The minimum Gasteiger partial charge on any atom is -0.493 e. The molecule has 30 heavy (non-hydrogen) atoms. The van der Waals surface area contributed by atoms with Gasteiger partial charge in [-0.25, -0.2) is 14.6 Å². The van der Waals surface area contributed by atoms with Crippen molar-refractivity contribution in [3.63, 3.8) is 0 Å². The summed E-state index contributed by atoms with van der Waals surface area (Å²) in [6.07, 6.45) is 9.50. The predicted molar refractivity (Wildman–Crippen MR) is 113 cm³/mol. The van der Waals surface area contributed by atoms with E-state index in [2.05, 4.69) is 34.1 Å². The van der Waals surface area contributed by atoms with Crippen LogP contribution >= 0.6 is 0 Å². The average molecular weight is 409 g/mol. The molecule has 2 aromatic heterocycles. The van der Waals surface area contributed by atoms with Crippen LogP contribution < -0.4 is 4.74 Å². The summed E-state index contributed by atoms with van der Waals surface area (Å²) in [6.45, 7) is 3.30. The molecule has 1 saturated carbocycles. The number of nitrogens with zero attached hydrogens (tertiary/aromatic N) is 4. The second-order valence-corrected chi connectivity index (χ2v) is 8.74. The van der Waals surface area contributed by atoms with E-state index in [9.17, 15) is 5.11 Å². The zero-order valence-electron chi connectivity index (χ0n) is 17.5. The fourth-order valence-electron chi connectivity index (χ4n) is 5.67. The fourth-order valence-corrected chi connectivity index (χ4v) is 5.67. The van der Waals surface area contributed by atoms with Gasteiger partial charge in [-0.2, -0.15) is 5.10 Å². The topological polar surface area (TPSA) is 82.3 Å². The molecule has 1 fully saturated rings. The Morgan fingerprint density at radius 3 is 3.00 bits per heavy atom. The number of aromatic nitrogens is 4. The Morgan fingerprint density at radius 1 is 1.33 bits per heavy atom. The monoisotopic (exact) mass is 408 g/mol. The molecule has 0 bridgehead atoms. The Bertz CT molecular complexity index is 1050. The third-order valence-corrected chi connectivity index (χ3v) is 7.20. The molecule has 7 nitrogen and oxygen atoms in total. The lowest BCUT2D eigenvalue weighted by atomic mass is 9.57. The van der Waals surface area contributed by atoms with Gasteiger partial charge in [0.1, 0.15) is 12.1 Å². The molecule has 1 aliphatic carbocycles. The highest BCUT2D eigenvalue weighted by molar-refractivity contribution is 5.83. The number of hydrogen-bond acceptors (Lipinski definition) is 6. The van der Waals surface area contributed by atoms with E-state index in [1.165, 1.54) is 11.9 Å². The van der Waals surface area contributed by atoms with Gasteiger partial charge in [0.05, 0.1) is 30.5 Å². The maximum absolute atomic E-state index is 11.1. The van der Waals surface area contributed by atoms with Crippen molar-refractivity contribution in [3.05, 3.63) is 42.5 Å². The van der Waals surface area contributed by atoms with Crippen LogP contribution in [0.3, 0.4) is 0 Å². The van der Waals surface area contributed by atoms with Crippen molar-refractivity contribution in [3.8, 4) is 11.6 Å². The maximum atomic E-state index is 11.1. The van der Waals surface area contributed by atoms with E-state index in [4.69, 9.17) is 9.47 Å². The van der Waals surface area contributed by atoms with Gasteiger partial charge in [-0.15, -0.1) is 0 Å². The Kier molecular flexibility index (Phi) is 4.75. The first kappa shape index (κ1) is 19.5. The summed E-state index contributed by atoms with van der Waals surface area (Å²) >= 11 is 0. The molecule has 2 aliphatic rings. The van der Waals surface area contributed by atoms with Crippen LogP contribution in [-0.4, -0.2) is 50.8 Å². The molecular weight excluding hydrogens is 380 g/mol. The fraction of sp³-hybridized carbons (Fsp3) is 0.522. The zero-order valence-corrected chi connectivity index (χ0v) is 17.5. The van der Waals surface area contributed by atoms with Crippen molar-refractivity contribution in [1.29, 1.82) is 0 Å². The van der Waals surface area contributed by atoms with Gasteiger partial charge in [0.15, 0.2) is 5.82 Å². The van der Waals surface area contributed by atoms with Crippen LogP contribution in [0.2, 0.25) is 0 Å². The van der Waals surface area contributed by atoms with Gasteiger partial charge in [-0.05, 0) is 44.1 Å². The van der Waals surface area contributed by atoms with Crippen molar-refractivity contribution in [2.75, 3.05) is 20.3 Å². The number of rotatable bonds is 4. The lowest BCUT2D eigenvalue weighted by molar-refractivity contribution is -0.0903. The molecule has 1 N–H and O–H groups in total. The molecular formula is C23H28N4O3. The van der Waals surface area contributed by atoms with Crippen LogP contribution in [0.15, 0.2) is 36.9 Å². The number of aliphatic hydroxyl groups is 1. The van der Waals surface area contributed by atoms with Crippen molar-refractivity contribution in [2.45, 2.75) is 50.0 Å². The summed E-state index contributed by atoms with van der Waals surface area (Å²) in [5, 5.41) is 16.7. The number of methoxy groups -OCH3 is 1. The van der Waals surface area contributed by atoms with E-state index in [-0.39, 0.29) is 5.41 Å². The van der Waals surface area contributed by atoms with Crippen LogP contribution in [0.25, 0.3) is 16.7 Å². The van der Waals surface area contributed by atoms with Crippen LogP contribution in [0.5, 0.6) is 5.75 Å². The van der Waals surface area contributed by atoms with E-state index in [0.717, 1.165) is 54.6 Å². The molecule has 1 aliphatic heterocycles. The van der Waals surface area contributed by atoms with Gasteiger partial charge in [-0.1, -0.05) is 6.92 Å². The molecule has 5 rings (SSSR count). The van der Waals surface area contributed by atoms with Gasteiger partial charge in [0.2, 0.25) is 0 Å².